The van der Waals surface area contributed by atoms with Crippen molar-refractivity contribution in [1.29, 1.82) is 0 Å². The number of carbonyl (C=O) groups excluding carboxylic acids is 3. The van der Waals surface area contributed by atoms with Gasteiger partial charge in [0.15, 0.2) is 0 Å². The number of hydrogen-bond acceptors (Lipinski definition) is 5. The molecule has 2 aromatic rings. The maximum absolute atomic E-state index is 12.9. The zero-order valence-electron chi connectivity index (χ0n) is 13.7. The van der Waals surface area contributed by atoms with E-state index in [-0.39, 0.29) is 13.0 Å². The number of hydrazone groups is 1. The lowest BCUT2D eigenvalue weighted by molar-refractivity contribution is -0.157. The van der Waals surface area contributed by atoms with Crippen molar-refractivity contribution in [2.75, 3.05) is 0 Å². The van der Waals surface area contributed by atoms with Gasteiger partial charge in [-0.3, -0.25) is 9.59 Å². The van der Waals surface area contributed by atoms with Gasteiger partial charge in [-0.15, -0.1) is 0 Å². The number of carbonyl (C=O) groups is 3. The van der Waals surface area contributed by atoms with Crippen molar-refractivity contribution in [3.05, 3.63) is 71.5 Å². The van der Waals surface area contributed by atoms with Crippen LogP contribution in [0.2, 0.25) is 0 Å². The SMILES string of the molecule is O=C1C=NN(C(=O)Cc2ccc(F)cc2)C1C(=O)OCc1ccccc1. The minimum atomic E-state index is -1.42. The largest absolute Gasteiger partial charge is 0.459 e. The Kier molecular flexibility index (Phi) is 5.17. The smallest absolute Gasteiger partial charge is 0.339 e. The molecule has 1 heterocycles. The Morgan fingerprint density at radius 1 is 1.04 bits per heavy atom. The number of rotatable bonds is 5. The van der Waals surface area contributed by atoms with Crippen LogP contribution in [0.1, 0.15) is 11.1 Å². The summed E-state index contributed by atoms with van der Waals surface area (Å²) in [5, 5.41) is 4.54. The van der Waals surface area contributed by atoms with Crippen LogP contribution in [0, 0.1) is 5.82 Å². The van der Waals surface area contributed by atoms with E-state index in [0.29, 0.717) is 5.56 Å². The van der Waals surface area contributed by atoms with Gasteiger partial charge >= 0.3 is 5.97 Å². The molecule has 2 aromatic carbocycles. The molecule has 0 aromatic heterocycles. The van der Waals surface area contributed by atoms with Crippen molar-refractivity contribution in [2.24, 2.45) is 5.10 Å². The van der Waals surface area contributed by atoms with Gasteiger partial charge in [0.25, 0.3) is 0 Å². The van der Waals surface area contributed by atoms with Gasteiger partial charge in [0.1, 0.15) is 12.4 Å². The first-order chi connectivity index (χ1) is 12.5. The highest BCUT2D eigenvalue weighted by Gasteiger charge is 2.40. The van der Waals surface area contributed by atoms with Crippen LogP contribution in [0.25, 0.3) is 0 Å². The second-order valence-electron chi connectivity index (χ2n) is 5.68. The van der Waals surface area contributed by atoms with Crippen molar-refractivity contribution in [1.82, 2.24) is 5.01 Å². The highest BCUT2D eigenvalue weighted by Crippen LogP contribution is 2.15. The molecule has 0 radical (unpaired) electrons. The maximum atomic E-state index is 12.9. The molecule has 0 fully saturated rings. The summed E-state index contributed by atoms with van der Waals surface area (Å²) in [6.45, 7) is -0.0105. The molecule has 0 saturated carbocycles. The monoisotopic (exact) mass is 354 g/mol. The number of benzene rings is 2. The van der Waals surface area contributed by atoms with E-state index in [9.17, 15) is 18.8 Å². The van der Waals surface area contributed by atoms with Crippen molar-refractivity contribution >= 4 is 23.9 Å². The van der Waals surface area contributed by atoms with Gasteiger partial charge in [-0.05, 0) is 23.3 Å². The first kappa shape index (κ1) is 17.5. The number of hydrogen-bond donors (Lipinski definition) is 0. The molecule has 132 valence electrons. The molecule has 3 rings (SSSR count). The minimum Gasteiger partial charge on any atom is -0.459 e. The molecule has 1 aliphatic heterocycles. The number of halogens is 1. The fraction of sp³-hybridized carbons (Fsp3) is 0.158. The normalized spacial score (nSPS) is 16.0. The molecule has 0 aliphatic carbocycles. The van der Waals surface area contributed by atoms with E-state index in [4.69, 9.17) is 4.74 Å². The summed E-state index contributed by atoms with van der Waals surface area (Å²) < 4.78 is 18.1. The molecule has 7 heteroatoms. The third-order valence-electron chi connectivity index (χ3n) is 3.79. The minimum absolute atomic E-state index is 0.0105. The lowest BCUT2D eigenvalue weighted by Crippen LogP contribution is -2.44. The molecule has 0 spiro atoms. The van der Waals surface area contributed by atoms with Crippen molar-refractivity contribution in [3.63, 3.8) is 0 Å². The first-order valence-corrected chi connectivity index (χ1v) is 7.89. The maximum Gasteiger partial charge on any atom is 0.339 e. The summed E-state index contributed by atoms with van der Waals surface area (Å²) in [5.74, 6) is -2.43. The van der Waals surface area contributed by atoms with Crippen LogP contribution in [0.4, 0.5) is 4.39 Å². The topological polar surface area (TPSA) is 76.0 Å². The van der Waals surface area contributed by atoms with Crippen LogP contribution < -0.4 is 0 Å². The van der Waals surface area contributed by atoms with Crippen molar-refractivity contribution in [2.45, 2.75) is 19.1 Å². The number of esters is 1. The number of ether oxygens (including phenoxy) is 1. The summed E-state index contributed by atoms with van der Waals surface area (Å²) >= 11 is 0. The summed E-state index contributed by atoms with van der Waals surface area (Å²) in [7, 11) is 0. The molecule has 1 aliphatic rings. The quantitative estimate of drug-likeness (QED) is 0.607. The molecule has 1 amide bonds. The van der Waals surface area contributed by atoms with E-state index in [1.54, 1.807) is 24.3 Å². The summed E-state index contributed by atoms with van der Waals surface area (Å²) in [6, 6.07) is 12.9. The number of amides is 1. The molecule has 1 atom stereocenters. The van der Waals surface area contributed by atoms with E-state index >= 15 is 0 Å². The van der Waals surface area contributed by atoms with E-state index in [1.165, 1.54) is 24.3 Å². The van der Waals surface area contributed by atoms with Gasteiger partial charge < -0.3 is 4.74 Å². The summed E-state index contributed by atoms with van der Waals surface area (Å²) in [6.07, 6.45) is 0.810. The molecule has 6 nitrogen and oxygen atoms in total. The van der Waals surface area contributed by atoms with Crippen LogP contribution in [0.5, 0.6) is 0 Å². The highest BCUT2D eigenvalue weighted by atomic mass is 19.1. The fourth-order valence-electron chi connectivity index (χ4n) is 2.47. The van der Waals surface area contributed by atoms with Crippen LogP contribution >= 0.6 is 0 Å². The summed E-state index contributed by atoms with van der Waals surface area (Å²) in [5.41, 5.74) is 1.30. The van der Waals surface area contributed by atoms with Crippen LogP contribution in [0.3, 0.4) is 0 Å². The zero-order valence-corrected chi connectivity index (χ0v) is 13.7. The zero-order chi connectivity index (χ0) is 18.5. The fourth-order valence-corrected chi connectivity index (χ4v) is 2.47. The van der Waals surface area contributed by atoms with Gasteiger partial charge in [0, 0.05) is 0 Å². The van der Waals surface area contributed by atoms with E-state index in [2.05, 4.69) is 5.10 Å². The third-order valence-corrected chi connectivity index (χ3v) is 3.79. The Morgan fingerprint density at radius 2 is 1.73 bits per heavy atom. The molecule has 0 N–H and O–H groups in total. The highest BCUT2D eigenvalue weighted by molar-refractivity contribution is 6.37. The van der Waals surface area contributed by atoms with Crippen molar-refractivity contribution in [3.8, 4) is 0 Å². The standard InChI is InChI=1S/C19H15FN2O4/c20-15-8-6-13(7-9-15)10-17(24)22-18(16(23)11-21-22)19(25)26-12-14-4-2-1-3-5-14/h1-9,11,18H,10,12H2. The molecular weight excluding hydrogens is 339 g/mol. The van der Waals surface area contributed by atoms with E-state index in [0.717, 1.165) is 16.8 Å². The van der Waals surface area contributed by atoms with Gasteiger partial charge in [-0.2, -0.15) is 5.10 Å². The first-order valence-electron chi connectivity index (χ1n) is 7.89. The van der Waals surface area contributed by atoms with Gasteiger partial charge in [-0.1, -0.05) is 42.5 Å². The van der Waals surface area contributed by atoms with Crippen LogP contribution in [0.15, 0.2) is 59.7 Å². The molecule has 1 unspecified atom stereocenters. The lowest BCUT2D eigenvalue weighted by atomic mass is 10.1. The molecule has 0 saturated heterocycles. The predicted octanol–water partition coefficient (Wildman–Crippen LogP) is 1.88. The Labute approximate surface area is 148 Å². The second-order valence-corrected chi connectivity index (χ2v) is 5.68. The average Bonchev–Trinajstić information content (AvgIpc) is 3.04. The van der Waals surface area contributed by atoms with Crippen molar-refractivity contribution < 1.29 is 23.5 Å². The Hall–Kier alpha value is -3.35. The van der Waals surface area contributed by atoms with Gasteiger partial charge in [0.05, 0.1) is 12.6 Å². The number of nitrogens with zero attached hydrogens (tertiary/aromatic N) is 2. The Balaban J connectivity index is 1.65. The third kappa shape index (κ3) is 4.00. The van der Waals surface area contributed by atoms with Gasteiger partial charge in [-0.25, -0.2) is 14.2 Å². The van der Waals surface area contributed by atoms with Crippen LogP contribution in [-0.2, 0) is 32.1 Å². The molecule has 26 heavy (non-hydrogen) atoms. The average molecular weight is 354 g/mol. The Morgan fingerprint density at radius 3 is 2.42 bits per heavy atom. The summed E-state index contributed by atoms with van der Waals surface area (Å²) in [4.78, 5) is 36.6. The van der Waals surface area contributed by atoms with Gasteiger partial charge in [0.2, 0.25) is 17.7 Å². The van der Waals surface area contributed by atoms with Crippen LogP contribution in [-0.4, -0.2) is 34.9 Å². The Bertz CT molecular complexity index is 850. The van der Waals surface area contributed by atoms with E-state index < -0.39 is 29.5 Å². The molecule has 0 bridgehead atoms. The lowest BCUT2D eigenvalue weighted by Gasteiger charge is -2.19. The number of Topliss-reactive ketones (excluding diaryl/α,β-unsaturated/α-hetero) is 1. The molecular formula is C19H15FN2O4. The second kappa shape index (κ2) is 7.69. The predicted molar refractivity (Wildman–Crippen MR) is 90.5 cm³/mol. The van der Waals surface area contributed by atoms with E-state index in [1.807, 2.05) is 6.07 Å². The number of ketones is 1.